The van der Waals surface area contributed by atoms with Crippen molar-refractivity contribution in [2.75, 3.05) is 0 Å². The molecule has 100 valence electrons. The third-order valence-corrected chi connectivity index (χ3v) is 2.56. The van der Waals surface area contributed by atoms with Crippen LogP contribution in [0.4, 0.5) is 4.39 Å². The van der Waals surface area contributed by atoms with Crippen molar-refractivity contribution < 1.29 is 4.39 Å². The van der Waals surface area contributed by atoms with Crippen LogP contribution in [0.5, 0.6) is 0 Å². The van der Waals surface area contributed by atoms with Crippen LogP contribution in [0.1, 0.15) is 13.8 Å². The molecule has 4 nitrogen and oxygen atoms in total. The Labute approximate surface area is 110 Å². The first-order valence-corrected chi connectivity index (χ1v) is 5.98. The normalized spacial score (nSPS) is 11.6. The van der Waals surface area contributed by atoms with Gasteiger partial charge in [-0.05, 0) is 44.2 Å². The van der Waals surface area contributed by atoms with Gasteiger partial charge in [0.1, 0.15) is 5.82 Å². The Balaban J connectivity index is 2.41. The summed E-state index contributed by atoms with van der Waals surface area (Å²) in [4.78, 5) is 11.7. The van der Waals surface area contributed by atoms with E-state index in [0.29, 0.717) is 12.2 Å². The third-order valence-electron chi connectivity index (χ3n) is 2.56. The van der Waals surface area contributed by atoms with Crippen LogP contribution in [0.3, 0.4) is 0 Å². The fourth-order valence-corrected chi connectivity index (χ4v) is 1.72. The van der Waals surface area contributed by atoms with Gasteiger partial charge in [-0.1, -0.05) is 0 Å². The number of hydrogen-bond donors (Lipinski definition) is 1. The lowest BCUT2D eigenvalue weighted by atomic mass is 10.1. The summed E-state index contributed by atoms with van der Waals surface area (Å²) < 4.78 is 14.2. The van der Waals surface area contributed by atoms with E-state index in [0.717, 1.165) is 5.56 Å². The zero-order valence-corrected chi connectivity index (χ0v) is 10.9. The molecule has 1 aromatic heterocycles. The third kappa shape index (κ3) is 3.48. The second-order valence-electron chi connectivity index (χ2n) is 5.21. The molecule has 2 rings (SSSR count). The first-order valence-electron chi connectivity index (χ1n) is 5.98. The smallest absolute Gasteiger partial charge is 0.266 e. The molecule has 2 aromatic rings. The lowest BCUT2D eigenvalue weighted by Crippen LogP contribution is -2.41. The lowest BCUT2D eigenvalue weighted by molar-refractivity contribution is 0.397. The van der Waals surface area contributed by atoms with Gasteiger partial charge in [0.25, 0.3) is 5.56 Å². The quantitative estimate of drug-likeness (QED) is 0.916. The van der Waals surface area contributed by atoms with Gasteiger partial charge in [-0.3, -0.25) is 4.79 Å². The van der Waals surface area contributed by atoms with Crippen molar-refractivity contribution in [3.05, 3.63) is 52.6 Å². The summed E-state index contributed by atoms with van der Waals surface area (Å²) in [6.07, 6.45) is 0. The molecule has 0 aliphatic heterocycles. The van der Waals surface area contributed by atoms with Crippen molar-refractivity contribution in [2.45, 2.75) is 25.9 Å². The summed E-state index contributed by atoms with van der Waals surface area (Å²) in [5.41, 5.74) is 6.53. The zero-order chi connectivity index (χ0) is 14.0. The molecular formula is C14H16FN3O. The fraction of sp³-hybridized carbons (Fsp3) is 0.286. The van der Waals surface area contributed by atoms with Crippen LogP contribution in [0.2, 0.25) is 0 Å². The van der Waals surface area contributed by atoms with Crippen LogP contribution < -0.4 is 11.3 Å². The van der Waals surface area contributed by atoms with Gasteiger partial charge in [-0.2, -0.15) is 5.10 Å². The van der Waals surface area contributed by atoms with Gasteiger partial charge in [-0.15, -0.1) is 0 Å². The molecule has 0 saturated heterocycles. The van der Waals surface area contributed by atoms with Gasteiger partial charge < -0.3 is 5.73 Å². The molecule has 2 N–H and O–H groups in total. The molecule has 0 atom stereocenters. The highest BCUT2D eigenvalue weighted by Crippen LogP contribution is 2.15. The average Bonchev–Trinajstić information content (AvgIpc) is 2.31. The van der Waals surface area contributed by atoms with Crippen LogP contribution >= 0.6 is 0 Å². The first-order chi connectivity index (χ1) is 8.85. The minimum Gasteiger partial charge on any atom is -0.324 e. The Hall–Kier alpha value is -2.01. The molecule has 0 unspecified atom stereocenters. The second kappa shape index (κ2) is 4.93. The van der Waals surface area contributed by atoms with Crippen molar-refractivity contribution in [1.82, 2.24) is 9.78 Å². The largest absolute Gasteiger partial charge is 0.324 e. The van der Waals surface area contributed by atoms with Crippen molar-refractivity contribution >= 4 is 0 Å². The number of benzene rings is 1. The summed E-state index contributed by atoms with van der Waals surface area (Å²) in [5.74, 6) is -0.305. The van der Waals surface area contributed by atoms with Crippen LogP contribution in [-0.2, 0) is 6.54 Å². The van der Waals surface area contributed by atoms with Gasteiger partial charge in [0.15, 0.2) is 0 Å². The number of nitrogens with two attached hydrogens (primary N) is 1. The Morgan fingerprint density at radius 1 is 1.21 bits per heavy atom. The van der Waals surface area contributed by atoms with Crippen LogP contribution in [0, 0.1) is 5.82 Å². The maximum Gasteiger partial charge on any atom is 0.266 e. The maximum atomic E-state index is 12.9. The zero-order valence-electron chi connectivity index (χ0n) is 10.9. The molecule has 0 radical (unpaired) electrons. The number of rotatable bonds is 3. The van der Waals surface area contributed by atoms with E-state index >= 15 is 0 Å². The summed E-state index contributed by atoms with van der Waals surface area (Å²) in [7, 11) is 0. The molecule has 0 spiro atoms. The Morgan fingerprint density at radius 3 is 2.42 bits per heavy atom. The van der Waals surface area contributed by atoms with E-state index in [-0.39, 0.29) is 11.4 Å². The molecule has 1 heterocycles. The fourth-order valence-electron chi connectivity index (χ4n) is 1.72. The molecular weight excluding hydrogens is 245 g/mol. The minimum absolute atomic E-state index is 0.204. The molecule has 19 heavy (non-hydrogen) atoms. The first kappa shape index (κ1) is 13.4. The van der Waals surface area contributed by atoms with Crippen LogP contribution in [0.15, 0.2) is 41.2 Å². The standard InChI is InChI=1S/C14H16FN3O/c1-14(2,16)9-18-13(19)8-7-12(17-18)10-3-5-11(15)6-4-10/h3-8H,9,16H2,1-2H3. The number of halogens is 1. The summed E-state index contributed by atoms with van der Waals surface area (Å²) in [6, 6.07) is 9.03. The summed E-state index contributed by atoms with van der Waals surface area (Å²) in [6.45, 7) is 3.97. The number of hydrogen-bond acceptors (Lipinski definition) is 3. The van der Waals surface area contributed by atoms with Gasteiger partial charge >= 0.3 is 0 Å². The molecule has 0 aliphatic carbocycles. The Kier molecular flexibility index (Phi) is 3.48. The van der Waals surface area contributed by atoms with Crippen LogP contribution in [0.25, 0.3) is 11.3 Å². The van der Waals surface area contributed by atoms with Crippen molar-refractivity contribution in [3.8, 4) is 11.3 Å². The highest BCUT2D eigenvalue weighted by Gasteiger charge is 2.14. The Morgan fingerprint density at radius 2 is 1.84 bits per heavy atom. The van der Waals surface area contributed by atoms with E-state index < -0.39 is 5.54 Å². The lowest BCUT2D eigenvalue weighted by Gasteiger charge is -2.19. The van der Waals surface area contributed by atoms with Gasteiger partial charge in [0.2, 0.25) is 0 Å². The second-order valence-corrected chi connectivity index (χ2v) is 5.21. The SMILES string of the molecule is CC(C)(N)Cn1nc(-c2ccc(F)cc2)ccc1=O. The maximum absolute atomic E-state index is 12.9. The van der Waals surface area contributed by atoms with E-state index in [4.69, 9.17) is 5.73 Å². The molecule has 0 saturated carbocycles. The van der Waals surface area contributed by atoms with Gasteiger partial charge in [0, 0.05) is 17.2 Å². The molecule has 0 aliphatic rings. The van der Waals surface area contributed by atoms with Crippen molar-refractivity contribution in [2.24, 2.45) is 5.73 Å². The van der Waals surface area contributed by atoms with E-state index in [1.165, 1.54) is 22.9 Å². The molecule has 5 heteroatoms. The van der Waals surface area contributed by atoms with Gasteiger partial charge in [0.05, 0.1) is 12.2 Å². The van der Waals surface area contributed by atoms with E-state index in [1.54, 1.807) is 18.2 Å². The number of nitrogens with zero attached hydrogens (tertiary/aromatic N) is 2. The van der Waals surface area contributed by atoms with Gasteiger partial charge in [-0.25, -0.2) is 9.07 Å². The average molecular weight is 261 g/mol. The van der Waals surface area contributed by atoms with E-state index in [9.17, 15) is 9.18 Å². The number of aromatic nitrogens is 2. The molecule has 0 amide bonds. The van der Waals surface area contributed by atoms with E-state index in [1.807, 2.05) is 13.8 Å². The van der Waals surface area contributed by atoms with Crippen molar-refractivity contribution in [3.63, 3.8) is 0 Å². The highest BCUT2D eigenvalue weighted by molar-refractivity contribution is 5.57. The molecule has 1 aromatic carbocycles. The predicted octanol–water partition coefficient (Wildman–Crippen LogP) is 1.79. The summed E-state index contributed by atoms with van der Waals surface area (Å²) in [5, 5.41) is 4.26. The predicted molar refractivity (Wildman–Crippen MR) is 72.2 cm³/mol. The van der Waals surface area contributed by atoms with E-state index in [2.05, 4.69) is 5.10 Å². The monoisotopic (exact) mass is 261 g/mol. The van der Waals surface area contributed by atoms with Crippen LogP contribution in [-0.4, -0.2) is 15.3 Å². The highest BCUT2D eigenvalue weighted by atomic mass is 19.1. The minimum atomic E-state index is -0.530. The summed E-state index contributed by atoms with van der Waals surface area (Å²) >= 11 is 0. The molecule has 0 fully saturated rings. The molecule has 0 bridgehead atoms. The van der Waals surface area contributed by atoms with Crippen molar-refractivity contribution in [1.29, 1.82) is 0 Å². The topological polar surface area (TPSA) is 60.9 Å². The Bertz CT molecular complexity index is 626.